The number of pyridine rings is 1. The van der Waals surface area contributed by atoms with Gasteiger partial charge in [0.25, 0.3) is 0 Å². The van der Waals surface area contributed by atoms with Gasteiger partial charge in [-0.25, -0.2) is 9.97 Å². The van der Waals surface area contributed by atoms with Crippen LogP contribution in [0.25, 0.3) is 11.4 Å². The van der Waals surface area contributed by atoms with Gasteiger partial charge >= 0.3 is 0 Å². The van der Waals surface area contributed by atoms with Crippen molar-refractivity contribution in [3.8, 4) is 11.4 Å². The van der Waals surface area contributed by atoms with Crippen LogP contribution in [0.2, 0.25) is 5.02 Å². The van der Waals surface area contributed by atoms with E-state index in [1.54, 1.807) is 12.4 Å². The minimum Gasteiger partial charge on any atom is -0.349 e. The van der Waals surface area contributed by atoms with Crippen LogP contribution < -0.4 is 5.32 Å². The standard InChI is InChI=1S/C24H25ClN4O/c1-24(2)13-20(28-22(30)8-5-16-3-6-18(25)7-4-16)19-15-27-23(29-21(19)14-24)17-9-11-26-12-10-17/h3-4,6-7,9-12,15,20H,5,8,13-14H2,1-2H3,(H,28,30). The molecule has 0 aliphatic heterocycles. The summed E-state index contributed by atoms with van der Waals surface area (Å²) in [5.74, 6) is 0.735. The van der Waals surface area contributed by atoms with Gasteiger partial charge in [-0.2, -0.15) is 0 Å². The molecule has 0 spiro atoms. The number of nitrogens with one attached hydrogen (secondary N) is 1. The SMILES string of the molecule is CC1(C)Cc2nc(-c3ccncc3)ncc2C(NC(=O)CCc2ccc(Cl)cc2)C1. The van der Waals surface area contributed by atoms with Gasteiger partial charge in [0.1, 0.15) is 0 Å². The monoisotopic (exact) mass is 420 g/mol. The topological polar surface area (TPSA) is 67.8 Å². The number of nitrogens with zero attached hydrogens (tertiary/aromatic N) is 3. The van der Waals surface area contributed by atoms with E-state index in [4.69, 9.17) is 16.6 Å². The molecule has 2 heterocycles. The third-order valence-corrected chi connectivity index (χ3v) is 5.76. The van der Waals surface area contributed by atoms with Crippen molar-refractivity contribution in [1.29, 1.82) is 0 Å². The minimum atomic E-state index is -0.0760. The average molecular weight is 421 g/mol. The highest BCUT2D eigenvalue weighted by atomic mass is 35.5. The fourth-order valence-corrected chi connectivity index (χ4v) is 4.12. The van der Waals surface area contributed by atoms with E-state index in [0.717, 1.165) is 35.2 Å². The highest BCUT2D eigenvalue weighted by Crippen LogP contribution is 2.40. The third kappa shape index (κ3) is 4.85. The second-order valence-corrected chi connectivity index (χ2v) is 9.06. The van der Waals surface area contributed by atoms with Crippen LogP contribution in [-0.2, 0) is 17.6 Å². The van der Waals surface area contributed by atoms with Crippen LogP contribution in [-0.4, -0.2) is 20.9 Å². The molecule has 4 rings (SSSR count). The summed E-state index contributed by atoms with van der Waals surface area (Å²) in [6, 6.07) is 11.4. The maximum Gasteiger partial charge on any atom is 0.220 e. The number of hydrogen-bond donors (Lipinski definition) is 1. The van der Waals surface area contributed by atoms with E-state index in [1.807, 2.05) is 42.6 Å². The molecule has 1 atom stereocenters. The maximum atomic E-state index is 12.7. The van der Waals surface area contributed by atoms with Gasteiger partial charge in [-0.15, -0.1) is 0 Å². The number of carbonyl (C=O) groups excluding carboxylic acids is 1. The maximum absolute atomic E-state index is 12.7. The second kappa shape index (κ2) is 8.52. The largest absolute Gasteiger partial charge is 0.349 e. The van der Waals surface area contributed by atoms with Gasteiger partial charge in [-0.05, 0) is 54.5 Å². The summed E-state index contributed by atoms with van der Waals surface area (Å²) in [4.78, 5) is 26.1. The molecule has 1 unspecified atom stereocenters. The summed E-state index contributed by atoms with van der Waals surface area (Å²) in [5, 5.41) is 3.92. The molecule has 1 aliphatic carbocycles. The highest BCUT2D eigenvalue weighted by molar-refractivity contribution is 6.30. The number of amides is 1. The van der Waals surface area contributed by atoms with Gasteiger partial charge in [0.15, 0.2) is 5.82 Å². The average Bonchev–Trinajstić information content (AvgIpc) is 2.73. The minimum absolute atomic E-state index is 0.0387. The van der Waals surface area contributed by atoms with Crippen LogP contribution in [0.15, 0.2) is 55.0 Å². The predicted octanol–water partition coefficient (Wildman–Crippen LogP) is 4.95. The van der Waals surface area contributed by atoms with Crippen molar-refractivity contribution in [2.45, 2.75) is 45.6 Å². The molecule has 154 valence electrons. The number of benzene rings is 1. The van der Waals surface area contributed by atoms with Crippen LogP contribution >= 0.6 is 11.6 Å². The van der Waals surface area contributed by atoms with Gasteiger partial charge < -0.3 is 5.32 Å². The number of aromatic nitrogens is 3. The molecule has 3 aromatic rings. The molecule has 1 N–H and O–H groups in total. The van der Waals surface area contributed by atoms with E-state index in [0.29, 0.717) is 23.7 Å². The van der Waals surface area contributed by atoms with E-state index in [-0.39, 0.29) is 17.4 Å². The summed E-state index contributed by atoms with van der Waals surface area (Å²) in [5.41, 5.74) is 4.12. The molecular weight excluding hydrogens is 396 g/mol. The molecule has 2 aromatic heterocycles. The molecule has 0 radical (unpaired) electrons. The van der Waals surface area contributed by atoms with E-state index >= 15 is 0 Å². The summed E-state index contributed by atoms with van der Waals surface area (Å²) >= 11 is 5.93. The number of aryl methyl sites for hydroxylation is 1. The zero-order valence-corrected chi connectivity index (χ0v) is 18.0. The third-order valence-electron chi connectivity index (χ3n) is 5.51. The van der Waals surface area contributed by atoms with Crippen LogP contribution in [0, 0.1) is 5.41 Å². The fourth-order valence-electron chi connectivity index (χ4n) is 3.99. The number of rotatable bonds is 5. The van der Waals surface area contributed by atoms with Crippen LogP contribution in [0.1, 0.15) is 49.6 Å². The van der Waals surface area contributed by atoms with E-state index in [9.17, 15) is 4.79 Å². The van der Waals surface area contributed by atoms with Crippen LogP contribution in [0.3, 0.4) is 0 Å². The predicted molar refractivity (Wildman–Crippen MR) is 118 cm³/mol. The van der Waals surface area contributed by atoms with Gasteiger partial charge in [-0.1, -0.05) is 37.6 Å². The Morgan fingerprint density at radius 2 is 1.90 bits per heavy atom. The van der Waals surface area contributed by atoms with Gasteiger partial charge in [0.2, 0.25) is 5.91 Å². The highest BCUT2D eigenvalue weighted by Gasteiger charge is 2.34. The zero-order valence-electron chi connectivity index (χ0n) is 17.2. The Kier molecular flexibility index (Phi) is 5.82. The quantitative estimate of drug-likeness (QED) is 0.633. The number of halogens is 1. The lowest BCUT2D eigenvalue weighted by Crippen LogP contribution is -2.37. The second-order valence-electron chi connectivity index (χ2n) is 8.62. The van der Waals surface area contributed by atoms with Crippen molar-refractivity contribution in [3.63, 3.8) is 0 Å². The first-order valence-corrected chi connectivity index (χ1v) is 10.6. The lowest BCUT2D eigenvalue weighted by Gasteiger charge is -2.36. The fraction of sp³-hybridized carbons (Fsp3) is 0.333. The van der Waals surface area contributed by atoms with Crippen molar-refractivity contribution < 1.29 is 4.79 Å². The van der Waals surface area contributed by atoms with Crippen LogP contribution in [0.5, 0.6) is 0 Å². The summed E-state index contributed by atoms with van der Waals surface area (Å²) in [6.45, 7) is 4.44. The van der Waals surface area contributed by atoms with E-state index in [2.05, 4.69) is 29.1 Å². The summed E-state index contributed by atoms with van der Waals surface area (Å²) in [7, 11) is 0. The molecule has 0 saturated carbocycles. The van der Waals surface area contributed by atoms with Gasteiger partial charge in [0, 0.05) is 41.2 Å². The Morgan fingerprint density at radius 1 is 1.17 bits per heavy atom. The van der Waals surface area contributed by atoms with Gasteiger partial charge in [-0.3, -0.25) is 9.78 Å². The Hall–Kier alpha value is -2.79. The van der Waals surface area contributed by atoms with E-state index in [1.165, 1.54) is 0 Å². The Balaban J connectivity index is 1.50. The molecule has 6 heteroatoms. The molecule has 0 bridgehead atoms. The van der Waals surface area contributed by atoms with Crippen molar-refractivity contribution in [2.24, 2.45) is 5.41 Å². The normalized spacial score (nSPS) is 17.2. The molecule has 1 amide bonds. The smallest absolute Gasteiger partial charge is 0.220 e. The van der Waals surface area contributed by atoms with Crippen molar-refractivity contribution in [2.75, 3.05) is 0 Å². The Morgan fingerprint density at radius 3 is 2.63 bits per heavy atom. The summed E-state index contributed by atoms with van der Waals surface area (Å²) < 4.78 is 0. The Bertz CT molecular complexity index is 1030. The molecule has 5 nitrogen and oxygen atoms in total. The first kappa shape index (κ1) is 20.5. The van der Waals surface area contributed by atoms with Gasteiger partial charge in [0.05, 0.1) is 11.7 Å². The van der Waals surface area contributed by atoms with E-state index < -0.39 is 0 Å². The van der Waals surface area contributed by atoms with Crippen LogP contribution in [0.4, 0.5) is 0 Å². The molecule has 30 heavy (non-hydrogen) atoms. The lowest BCUT2D eigenvalue weighted by atomic mass is 9.74. The number of carbonyl (C=O) groups is 1. The first-order valence-electron chi connectivity index (χ1n) is 10.2. The molecule has 0 saturated heterocycles. The zero-order chi connectivity index (χ0) is 21.1. The molecular formula is C24H25ClN4O. The Labute approximate surface area is 181 Å². The summed E-state index contributed by atoms with van der Waals surface area (Å²) in [6.07, 6.45) is 8.20. The number of fused-ring (bicyclic) bond motifs is 1. The van der Waals surface area contributed by atoms with Crippen molar-refractivity contribution in [1.82, 2.24) is 20.3 Å². The number of hydrogen-bond acceptors (Lipinski definition) is 4. The lowest BCUT2D eigenvalue weighted by molar-refractivity contribution is -0.122. The van der Waals surface area contributed by atoms with Crippen molar-refractivity contribution in [3.05, 3.63) is 76.8 Å². The molecule has 1 aliphatic rings. The van der Waals surface area contributed by atoms with Crippen molar-refractivity contribution >= 4 is 17.5 Å². The molecule has 0 fully saturated rings. The first-order chi connectivity index (χ1) is 14.4. The molecule has 1 aromatic carbocycles.